The molecule has 2 fully saturated rings. The smallest absolute Gasteiger partial charge is 0.340 e. The molecule has 35 heavy (non-hydrogen) atoms. The minimum atomic E-state index is -4.38. The Labute approximate surface area is 206 Å². The Morgan fingerprint density at radius 3 is 2.51 bits per heavy atom. The zero-order valence-corrected chi connectivity index (χ0v) is 20.5. The lowest BCUT2D eigenvalue weighted by molar-refractivity contribution is -0.189. The van der Waals surface area contributed by atoms with Gasteiger partial charge in [-0.15, -0.1) is 0 Å². The van der Waals surface area contributed by atoms with Crippen LogP contribution in [0.5, 0.6) is 0 Å². The second kappa shape index (κ2) is 9.59. The second-order valence-corrected chi connectivity index (χ2v) is 11.1. The fourth-order valence-electron chi connectivity index (χ4n) is 4.66. The summed E-state index contributed by atoms with van der Waals surface area (Å²) in [6.45, 7) is 1.34. The van der Waals surface area contributed by atoms with Crippen molar-refractivity contribution in [2.24, 2.45) is 5.92 Å². The number of hydrogen-bond acceptors (Lipinski definition) is 4. The van der Waals surface area contributed by atoms with E-state index in [-0.39, 0.29) is 37.2 Å². The van der Waals surface area contributed by atoms with Gasteiger partial charge in [0.25, 0.3) is 0 Å². The summed E-state index contributed by atoms with van der Waals surface area (Å²) in [5.74, 6) is -2.73. The van der Waals surface area contributed by atoms with Crippen molar-refractivity contribution in [3.05, 3.63) is 41.4 Å². The number of fused-ring (bicyclic) bond motifs is 1. The molecule has 3 atom stereocenters. The van der Waals surface area contributed by atoms with Gasteiger partial charge in [0.05, 0.1) is 10.8 Å². The normalized spacial score (nSPS) is 22.6. The Balaban J connectivity index is 1.43. The molecule has 2 heterocycles. The quantitative estimate of drug-likeness (QED) is 0.639. The van der Waals surface area contributed by atoms with Crippen LogP contribution in [0.4, 0.5) is 13.2 Å². The molecule has 7 nitrogen and oxygen atoms in total. The van der Waals surface area contributed by atoms with Gasteiger partial charge >= 0.3 is 6.18 Å². The lowest BCUT2D eigenvalue weighted by Gasteiger charge is -2.36. The number of sulfonamides is 1. The van der Waals surface area contributed by atoms with Crippen LogP contribution in [0.15, 0.2) is 41.3 Å². The zero-order chi connectivity index (χ0) is 25.5. The molecule has 2 aromatic rings. The highest BCUT2D eigenvalue weighted by atomic mass is 35.5. The minimum absolute atomic E-state index is 0.0193. The maximum Gasteiger partial charge on any atom is 0.393 e. The average Bonchev–Trinajstić information content (AvgIpc) is 3.16. The third kappa shape index (κ3) is 5.41. The standard InChI is InChI=1S/C23H25ClF3N3O4S/c1-14(21(31)29-9-2-3-17(13-29)23(25,26)27)30-10-8-20(22(30)32)28-35(33,34)19-7-5-15-11-18(24)6-4-16(15)12-19/h4-7,11-12,14,17,20,28H,2-3,8-10,13H2,1H3/t14-,17?,20-/m0/s1. The maximum atomic E-state index is 13.1. The fourth-order valence-corrected chi connectivity index (χ4v) is 6.09. The Hall–Kier alpha value is -2.37. The van der Waals surface area contributed by atoms with E-state index in [4.69, 9.17) is 11.6 Å². The molecule has 0 spiro atoms. The fraction of sp³-hybridized carbons (Fsp3) is 0.478. The van der Waals surface area contributed by atoms with Crippen LogP contribution in [0, 0.1) is 5.92 Å². The maximum absolute atomic E-state index is 13.1. The highest BCUT2D eigenvalue weighted by molar-refractivity contribution is 7.89. The van der Waals surface area contributed by atoms with E-state index >= 15 is 0 Å². The molecule has 1 N–H and O–H groups in total. The summed E-state index contributed by atoms with van der Waals surface area (Å²) in [5.41, 5.74) is 0. The van der Waals surface area contributed by atoms with Crippen LogP contribution in [0.3, 0.4) is 0 Å². The predicted octanol–water partition coefficient (Wildman–Crippen LogP) is 3.56. The number of halogens is 4. The molecule has 0 radical (unpaired) electrons. The highest BCUT2D eigenvalue weighted by Crippen LogP contribution is 2.33. The molecule has 12 heteroatoms. The number of carbonyl (C=O) groups excluding carboxylic acids is 2. The van der Waals surface area contributed by atoms with E-state index in [2.05, 4.69) is 4.72 Å². The number of likely N-dealkylation sites (tertiary alicyclic amines) is 2. The summed E-state index contributed by atoms with van der Waals surface area (Å²) in [4.78, 5) is 28.2. The Kier molecular flexibility index (Phi) is 7.05. The first-order valence-corrected chi connectivity index (χ1v) is 13.1. The topological polar surface area (TPSA) is 86.8 Å². The van der Waals surface area contributed by atoms with Gasteiger partial charge in [0, 0.05) is 24.7 Å². The van der Waals surface area contributed by atoms with Crippen molar-refractivity contribution >= 4 is 44.2 Å². The van der Waals surface area contributed by atoms with Crippen molar-refractivity contribution in [1.29, 1.82) is 0 Å². The van der Waals surface area contributed by atoms with Crippen LogP contribution >= 0.6 is 11.6 Å². The highest BCUT2D eigenvalue weighted by Gasteiger charge is 2.45. The molecular formula is C23H25ClF3N3O4S. The molecule has 0 bridgehead atoms. The molecule has 4 rings (SSSR count). The van der Waals surface area contributed by atoms with Crippen molar-refractivity contribution in [3.63, 3.8) is 0 Å². The summed E-state index contributed by atoms with van der Waals surface area (Å²) in [6, 6.07) is 7.49. The van der Waals surface area contributed by atoms with E-state index in [1.807, 2.05) is 0 Å². The van der Waals surface area contributed by atoms with E-state index < -0.39 is 52.6 Å². The lowest BCUT2D eigenvalue weighted by Crippen LogP contribution is -2.53. The molecule has 2 aliphatic heterocycles. The van der Waals surface area contributed by atoms with Gasteiger partial charge in [-0.25, -0.2) is 8.42 Å². The number of piperidine rings is 1. The lowest BCUT2D eigenvalue weighted by atomic mass is 9.97. The van der Waals surface area contributed by atoms with Gasteiger partial charge in [-0.1, -0.05) is 23.7 Å². The first-order chi connectivity index (χ1) is 16.4. The van der Waals surface area contributed by atoms with E-state index in [0.29, 0.717) is 10.4 Å². The van der Waals surface area contributed by atoms with Crippen LogP contribution in [0.1, 0.15) is 26.2 Å². The van der Waals surface area contributed by atoms with Gasteiger partial charge in [-0.2, -0.15) is 17.9 Å². The first kappa shape index (κ1) is 25.7. The molecule has 2 aliphatic rings. The SMILES string of the molecule is C[C@@H](C(=O)N1CCCC(C(F)(F)F)C1)N1CC[C@H](NS(=O)(=O)c2ccc3cc(Cl)ccc3c2)C1=O. The van der Waals surface area contributed by atoms with Crippen molar-refractivity contribution in [1.82, 2.24) is 14.5 Å². The van der Waals surface area contributed by atoms with Crippen LogP contribution in [0.25, 0.3) is 10.8 Å². The number of nitrogens with zero attached hydrogens (tertiary/aromatic N) is 2. The van der Waals surface area contributed by atoms with Crippen LogP contribution in [0.2, 0.25) is 5.02 Å². The van der Waals surface area contributed by atoms with E-state index in [0.717, 1.165) is 10.3 Å². The largest absolute Gasteiger partial charge is 0.393 e. The number of amides is 2. The second-order valence-electron chi connectivity index (χ2n) is 8.99. The minimum Gasteiger partial charge on any atom is -0.340 e. The van der Waals surface area contributed by atoms with Crippen molar-refractivity contribution < 1.29 is 31.2 Å². The van der Waals surface area contributed by atoms with Gasteiger partial charge in [0.2, 0.25) is 21.8 Å². The summed E-state index contributed by atoms with van der Waals surface area (Å²) < 4.78 is 67.7. The summed E-state index contributed by atoms with van der Waals surface area (Å²) in [6.07, 6.45) is -4.04. The van der Waals surface area contributed by atoms with Crippen LogP contribution in [-0.4, -0.2) is 67.9 Å². The molecule has 1 unspecified atom stereocenters. The number of carbonyl (C=O) groups is 2. The molecule has 2 amide bonds. The van der Waals surface area contributed by atoms with Gasteiger partial charge in [-0.3, -0.25) is 9.59 Å². The molecular weight excluding hydrogens is 507 g/mol. The number of alkyl halides is 3. The third-order valence-electron chi connectivity index (χ3n) is 6.64. The Bertz CT molecular complexity index is 1250. The summed E-state index contributed by atoms with van der Waals surface area (Å²) in [7, 11) is -4.04. The molecule has 2 aromatic carbocycles. The summed E-state index contributed by atoms with van der Waals surface area (Å²) in [5, 5.41) is 1.94. The van der Waals surface area contributed by atoms with Gasteiger partial charge in [-0.05, 0) is 61.2 Å². The zero-order valence-electron chi connectivity index (χ0n) is 18.9. The van der Waals surface area contributed by atoms with Gasteiger partial charge in [0.1, 0.15) is 12.1 Å². The Morgan fingerprint density at radius 1 is 1.11 bits per heavy atom. The number of nitrogens with one attached hydrogen (secondary N) is 1. The van der Waals surface area contributed by atoms with Gasteiger partial charge in [0.15, 0.2) is 0 Å². The van der Waals surface area contributed by atoms with Crippen LogP contribution < -0.4 is 4.72 Å². The van der Waals surface area contributed by atoms with Gasteiger partial charge < -0.3 is 9.80 Å². The molecule has 2 saturated heterocycles. The molecule has 0 aromatic heterocycles. The molecule has 190 valence electrons. The van der Waals surface area contributed by atoms with Crippen molar-refractivity contribution in [3.8, 4) is 0 Å². The average molecular weight is 532 g/mol. The third-order valence-corrected chi connectivity index (χ3v) is 8.35. The van der Waals surface area contributed by atoms with E-state index in [1.165, 1.54) is 24.0 Å². The predicted molar refractivity (Wildman–Crippen MR) is 124 cm³/mol. The van der Waals surface area contributed by atoms with Crippen LogP contribution in [-0.2, 0) is 19.6 Å². The monoisotopic (exact) mass is 531 g/mol. The van der Waals surface area contributed by atoms with E-state index in [9.17, 15) is 31.2 Å². The van der Waals surface area contributed by atoms with E-state index in [1.54, 1.807) is 24.3 Å². The van der Waals surface area contributed by atoms with Crippen molar-refractivity contribution in [2.75, 3.05) is 19.6 Å². The summed E-state index contributed by atoms with van der Waals surface area (Å²) >= 11 is 5.97. The number of rotatable bonds is 5. The number of benzene rings is 2. The van der Waals surface area contributed by atoms with Crippen molar-refractivity contribution in [2.45, 2.75) is 49.3 Å². The molecule has 0 aliphatic carbocycles. The number of hydrogen-bond donors (Lipinski definition) is 1. The molecule has 0 saturated carbocycles. The first-order valence-electron chi connectivity index (χ1n) is 11.2. The Morgan fingerprint density at radius 2 is 1.80 bits per heavy atom.